The van der Waals surface area contributed by atoms with Gasteiger partial charge in [0, 0.05) is 35.5 Å². The number of carbonyl (C=O) groups excluding carboxylic acids is 2. The molecular formula is C21H20N2O4. The third-order valence-electron chi connectivity index (χ3n) is 5.12. The molecule has 6 nitrogen and oxygen atoms in total. The van der Waals surface area contributed by atoms with E-state index < -0.39 is 11.6 Å². The number of cyclic esters (lactones) is 1. The zero-order chi connectivity index (χ0) is 18.9. The first kappa shape index (κ1) is 17.3. The number of nitrogens with zero attached hydrogens (tertiary/aromatic N) is 1. The topological polar surface area (TPSA) is 78.9 Å². The van der Waals surface area contributed by atoms with Gasteiger partial charge < -0.3 is 20.1 Å². The molecule has 2 heterocycles. The molecule has 2 aliphatic rings. The number of carbonyl (C=O) groups is 2. The van der Waals surface area contributed by atoms with Gasteiger partial charge in [-0.2, -0.15) is 0 Å². The van der Waals surface area contributed by atoms with Crippen LogP contribution in [0.25, 0.3) is 0 Å². The van der Waals surface area contributed by atoms with Crippen molar-refractivity contribution in [3.05, 3.63) is 77.4 Å². The minimum absolute atomic E-state index is 0.231. The molecule has 2 aliphatic heterocycles. The van der Waals surface area contributed by atoms with E-state index in [4.69, 9.17) is 4.74 Å². The van der Waals surface area contributed by atoms with Gasteiger partial charge in [-0.15, -0.1) is 0 Å². The monoisotopic (exact) mass is 364 g/mol. The van der Waals surface area contributed by atoms with E-state index in [2.05, 4.69) is 5.32 Å². The van der Waals surface area contributed by atoms with Crippen molar-refractivity contribution in [2.45, 2.75) is 12.0 Å². The Morgan fingerprint density at radius 1 is 1.11 bits per heavy atom. The lowest BCUT2D eigenvalue weighted by Gasteiger charge is -2.34. The molecule has 0 bridgehead atoms. The second-order valence-corrected chi connectivity index (χ2v) is 6.67. The quantitative estimate of drug-likeness (QED) is 0.821. The van der Waals surface area contributed by atoms with E-state index in [-0.39, 0.29) is 19.2 Å². The SMILES string of the molecule is O=C1OC(CO)(c2ccccc2)C2=C1CCN(C(=O)Nc1ccccc1)C2. The third-order valence-corrected chi connectivity index (χ3v) is 5.12. The fourth-order valence-corrected chi connectivity index (χ4v) is 3.70. The number of rotatable bonds is 3. The lowest BCUT2D eigenvalue weighted by atomic mass is 9.83. The lowest BCUT2D eigenvalue weighted by Crippen LogP contribution is -2.44. The van der Waals surface area contributed by atoms with E-state index in [1.165, 1.54) is 0 Å². The van der Waals surface area contributed by atoms with Gasteiger partial charge in [0.2, 0.25) is 0 Å². The molecule has 2 aromatic rings. The van der Waals surface area contributed by atoms with Gasteiger partial charge in [0.05, 0.1) is 6.61 Å². The van der Waals surface area contributed by atoms with Crippen LogP contribution in [0.5, 0.6) is 0 Å². The second-order valence-electron chi connectivity index (χ2n) is 6.67. The molecule has 27 heavy (non-hydrogen) atoms. The van der Waals surface area contributed by atoms with Crippen molar-refractivity contribution >= 4 is 17.7 Å². The molecule has 0 aromatic heterocycles. The molecule has 1 unspecified atom stereocenters. The van der Waals surface area contributed by atoms with Crippen LogP contribution in [-0.2, 0) is 15.1 Å². The fourth-order valence-electron chi connectivity index (χ4n) is 3.70. The summed E-state index contributed by atoms with van der Waals surface area (Å²) in [5.41, 5.74) is 1.42. The van der Waals surface area contributed by atoms with Gasteiger partial charge in [0.15, 0.2) is 5.60 Å². The van der Waals surface area contributed by atoms with Crippen molar-refractivity contribution in [1.82, 2.24) is 4.90 Å². The Morgan fingerprint density at radius 2 is 1.78 bits per heavy atom. The maximum Gasteiger partial charge on any atom is 0.335 e. The van der Waals surface area contributed by atoms with Crippen molar-refractivity contribution in [3.63, 3.8) is 0 Å². The number of aliphatic hydroxyl groups excluding tert-OH is 1. The number of amides is 2. The van der Waals surface area contributed by atoms with Gasteiger partial charge >= 0.3 is 12.0 Å². The van der Waals surface area contributed by atoms with E-state index in [1.807, 2.05) is 60.7 Å². The van der Waals surface area contributed by atoms with Crippen LogP contribution < -0.4 is 5.32 Å². The zero-order valence-electron chi connectivity index (χ0n) is 14.7. The fraction of sp³-hybridized carbons (Fsp3) is 0.238. The molecule has 0 radical (unpaired) electrons. The van der Waals surface area contributed by atoms with Gasteiger partial charge in [0.1, 0.15) is 0 Å². The molecule has 2 aromatic carbocycles. The van der Waals surface area contributed by atoms with Crippen LogP contribution in [0.4, 0.5) is 10.5 Å². The number of ether oxygens (including phenoxy) is 1. The second kappa shape index (κ2) is 6.89. The number of hydrogen-bond donors (Lipinski definition) is 2. The smallest absolute Gasteiger partial charge is 0.335 e. The molecule has 4 rings (SSSR count). The summed E-state index contributed by atoms with van der Waals surface area (Å²) in [6.45, 7) is 0.286. The minimum atomic E-state index is -1.22. The molecule has 1 atom stereocenters. The maximum atomic E-state index is 12.7. The number of nitrogens with one attached hydrogen (secondary N) is 1. The number of urea groups is 1. The Bertz CT molecular complexity index is 895. The first-order valence-corrected chi connectivity index (χ1v) is 8.87. The van der Waals surface area contributed by atoms with Crippen molar-refractivity contribution in [2.75, 3.05) is 25.0 Å². The summed E-state index contributed by atoms with van der Waals surface area (Å²) in [4.78, 5) is 26.7. The van der Waals surface area contributed by atoms with E-state index in [0.717, 1.165) is 0 Å². The normalized spacial score (nSPS) is 21.7. The van der Waals surface area contributed by atoms with Crippen molar-refractivity contribution in [2.24, 2.45) is 0 Å². The average molecular weight is 364 g/mol. The van der Waals surface area contributed by atoms with Crippen LogP contribution in [0.2, 0.25) is 0 Å². The molecule has 0 spiro atoms. The summed E-state index contributed by atoms with van der Waals surface area (Å²) in [5, 5.41) is 13.0. The van der Waals surface area contributed by atoms with Crippen LogP contribution in [-0.4, -0.2) is 41.7 Å². The molecule has 0 saturated carbocycles. The summed E-state index contributed by atoms with van der Waals surface area (Å²) in [7, 11) is 0. The number of anilines is 1. The summed E-state index contributed by atoms with van der Waals surface area (Å²) >= 11 is 0. The third kappa shape index (κ3) is 2.98. The molecule has 0 fully saturated rings. The van der Waals surface area contributed by atoms with Crippen LogP contribution >= 0.6 is 0 Å². The van der Waals surface area contributed by atoms with Crippen LogP contribution in [0, 0.1) is 0 Å². The van der Waals surface area contributed by atoms with E-state index in [1.54, 1.807) is 4.90 Å². The van der Waals surface area contributed by atoms with Crippen molar-refractivity contribution < 1.29 is 19.4 Å². The maximum absolute atomic E-state index is 12.7. The summed E-state index contributed by atoms with van der Waals surface area (Å²) in [6.07, 6.45) is 0.408. The molecule has 0 saturated heterocycles. The molecule has 2 amide bonds. The largest absolute Gasteiger partial charge is 0.444 e. The van der Waals surface area contributed by atoms with E-state index >= 15 is 0 Å². The zero-order valence-corrected chi connectivity index (χ0v) is 14.7. The first-order valence-electron chi connectivity index (χ1n) is 8.87. The molecule has 6 heteroatoms. The van der Waals surface area contributed by atoms with Gasteiger partial charge in [-0.05, 0) is 18.6 Å². The predicted octanol–water partition coefficient (Wildman–Crippen LogP) is 2.67. The number of para-hydroxylation sites is 1. The van der Waals surface area contributed by atoms with Gasteiger partial charge in [0.25, 0.3) is 0 Å². The number of benzene rings is 2. The summed E-state index contributed by atoms with van der Waals surface area (Å²) < 4.78 is 5.66. The highest BCUT2D eigenvalue weighted by Crippen LogP contribution is 2.44. The minimum Gasteiger partial charge on any atom is -0.444 e. The molecular weight excluding hydrogens is 344 g/mol. The Balaban J connectivity index is 1.62. The molecule has 0 aliphatic carbocycles. The highest BCUT2D eigenvalue weighted by Gasteiger charge is 2.50. The summed E-state index contributed by atoms with van der Waals surface area (Å²) in [6, 6.07) is 18.1. The standard InChI is InChI=1S/C21H20N2O4/c24-14-21(15-7-3-1-4-8-15)18-13-23(12-11-17(18)19(25)27-21)20(26)22-16-9-5-2-6-10-16/h1-10,24H,11-14H2,(H,22,26). The van der Waals surface area contributed by atoms with E-state index in [9.17, 15) is 14.7 Å². The average Bonchev–Trinajstić information content (AvgIpc) is 3.02. The Hall–Kier alpha value is -3.12. The van der Waals surface area contributed by atoms with Crippen LogP contribution in [0.1, 0.15) is 12.0 Å². The lowest BCUT2D eigenvalue weighted by molar-refractivity contribution is -0.151. The highest BCUT2D eigenvalue weighted by molar-refractivity contribution is 5.95. The highest BCUT2D eigenvalue weighted by atomic mass is 16.6. The molecule has 2 N–H and O–H groups in total. The van der Waals surface area contributed by atoms with Crippen LogP contribution in [0.3, 0.4) is 0 Å². The first-order chi connectivity index (χ1) is 13.1. The van der Waals surface area contributed by atoms with Gasteiger partial charge in [-0.3, -0.25) is 0 Å². The van der Waals surface area contributed by atoms with Gasteiger partial charge in [-0.1, -0.05) is 48.5 Å². The Morgan fingerprint density at radius 3 is 2.44 bits per heavy atom. The van der Waals surface area contributed by atoms with Crippen molar-refractivity contribution in [3.8, 4) is 0 Å². The van der Waals surface area contributed by atoms with Crippen LogP contribution in [0.15, 0.2) is 71.8 Å². The Labute approximate surface area is 157 Å². The molecule has 138 valence electrons. The number of esters is 1. The number of aliphatic hydroxyl groups is 1. The number of hydrogen-bond acceptors (Lipinski definition) is 4. The van der Waals surface area contributed by atoms with E-state index in [0.29, 0.717) is 35.4 Å². The predicted molar refractivity (Wildman–Crippen MR) is 100.0 cm³/mol. The Kier molecular flexibility index (Phi) is 4.41. The van der Waals surface area contributed by atoms with Gasteiger partial charge in [-0.25, -0.2) is 9.59 Å². The summed E-state index contributed by atoms with van der Waals surface area (Å²) in [5.74, 6) is -0.411. The van der Waals surface area contributed by atoms with Crippen molar-refractivity contribution in [1.29, 1.82) is 0 Å².